The molecule has 0 spiro atoms. The van der Waals surface area contributed by atoms with Crippen molar-refractivity contribution in [3.05, 3.63) is 22.3 Å². The second kappa shape index (κ2) is 4.74. The summed E-state index contributed by atoms with van der Waals surface area (Å²) in [7, 11) is 0. The van der Waals surface area contributed by atoms with Crippen LogP contribution in [0.1, 0.15) is 25.3 Å². The largest absolute Gasteiger partial charge is 0.365 e. The molecule has 2 heterocycles. The van der Waals surface area contributed by atoms with E-state index < -0.39 is 5.60 Å². The minimum Gasteiger partial charge on any atom is -0.365 e. The van der Waals surface area contributed by atoms with Gasteiger partial charge >= 0.3 is 0 Å². The molecule has 5 heteroatoms. The van der Waals surface area contributed by atoms with E-state index in [1.165, 1.54) is 0 Å². The van der Waals surface area contributed by atoms with Crippen molar-refractivity contribution < 1.29 is 9.53 Å². The minimum atomic E-state index is -0.706. The number of hydrogen-bond acceptors (Lipinski definition) is 3. The second-order valence-corrected chi connectivity index (χ2v) is 5.31. The van der Waals surface area contributed by atoms with Crippen molar-refractivity contribution in [1.82, 2.24) is 4.98 Å². The molecule has 0 aliphatic carbocycles. The van der Waals surface area contributed by atoms with Crippen molar-refractivity contribution in [2.75, 3.05) is 11.9 Å². The highest BCUT2D eigenvalue weighted by molar-refractivity contribution is 9.10. The highest BCUT2D eigenvalue weighted by Gasteiger charge is 2.37. The van der Waals surface area contributed by atoms with Crippen LogP contribution in [-0.2, 0) is 9.53 Å². The van der Waals surface area contributed by atoms with E-state index in [0.717, 1.165) is 22.9 Å². The van der Waals surface area contributed by atoms with Gasteiger partial charge in [0.2, 0.25) is 0 Å². The highest BCUT2D eigenvalue weighted by Crippen LogP contribution is 2.26. The molecule has 0 aromatic carbocycles. The van der Waals surface area contributed by atoms with Crippen LogP contribution in [0.25, 0.3) is 0 Å². The van der Waals surface area contributed by atoms with Crippen LogP contribution in [0.3, 0.4) is 0 Å². The first-order valence-electron chi connectivity index (χ1n) is 5.59. The molecule has 1 aliphatic rings. The number of rotatable bonds is 2. The number of carbonyl (C=O) groups is 1. The van der Waals surface area contributed by atoms with Crippen molar-refractivity contribution >= 4 is 27.7 Å². The van der Waals surface area contributed by atoms with Crippen molar-refractivity contribution in [2.45, 2.75) is 32.3 Å². The molecule has 1 aromatic rings. The number of nitrogens with one attached hydrogen (secondary N) is 1. The molecule has 1 N–H and O–H groups in total. The predicted octanol–water partition coefficient (Wildman–Crippen LogP) is 2.66. The fraction of sp³-hybridized carbons (Fsp3) is 0.500. The van der Waals surface area contributed by atoms with Gasteiger partial charge in [-0.05, 0) is 54.2 Å². The van der Waals surface area contributed by atoms with E-state index in [-0.39, 0.29) is 5.91 Å². The number of nitrogens with zero attached hydrogens (tertiary/aromatic N) is 1. The summed E-state index contributed by atoms with van der Waals surface area (Å²) < 4.78 is 6.41. The second-order valence-electron chi connectivity index (χ2n) is 4.46. The Labute approximate surface area is 109 Å². The van der Waals surface area contributed by atoms with Crippen molar-refractivity contribution in [3.63, 3.8) is 0 Å². The summed E-state index contributed by atoms with van der Waals surface area (Å²) in [5.41, 5.74) is 0.329. The lowest BCUT2D eigenvalue weighted by atomic mass is 10.0. The van der Waals surface area contributed by atoms with Gasteiger partial charge in [-0.2, -0.15) is 0 Å². The summed E-state index contributed by atoms with van der Waals surface area (Å²) in [6.07, 6.45) is 3.37. The molecular weight excluding hydrogens is 284 g/mol. The third-order valence-corrected chi connectivity index (χ3v) is 3.82. The van der Waals surface area contributed by atoms with Crippen LogP contribution in [0.5, 0.6) is 0 Å². The lowest BCUT2D eigenvalue weighted by Gasteiger charge is -2.21. The van der Waals surface area contributed by atoms with E-state index in [2.05, 4.69) is 26.2 Å². The number of hydrogen-bond donors (Lipinski definition) is 1. The van der Waals surface area contributed by atoms with Gasteiger partial charge in [0.15, 0.2) is 0 Å². The van der Waals surface area contributed by atoms with Crippen molar-refractivity contribution in [3.8, 4) is 0 Å². The Balaban J connectivity index is 2.10. The Hall–Kier alpha value is -0.940. The van der Waals surface area contributed by atoms with Crippen LogP contribution in [-0.4, -0.2) is 23.1 Å². The Morgan fingerprint density at radius 1 is 1.65 bits per heavy atom. The zero-order valence-corrected chi connectivity index (χ0v) is 11.5. The van der Waals surface area contributed by atoms with Gasteiger partial charge in [-0.15, -0.1) is 0 Å². The van der Waals surface area contributed by atoms with Gasteiger partial charge in [-0.3, -0.25) is 4.79 Å². The fourth-order valence-electron chi connectivity index (χ4n) is 1.81. The van der Waals surface area contributed by atoms with E-state index in [1.807, 2.05) is 19.9 Å². The standard InChI is InChI=1S/C12H15BrN2O2/c1-8-6-10(14-7-9(8)13)15-11(16)12(2)4-3-5-17-12/h6-7H,3-5H2,1-2H3,(H,14,15,16). The van der Waals surface area contributed by atoms with Gasteiger partial charge in [-0.25, -0.2) is 4.98 Å². The maximum absolute atomic E-state index is 12.0. The summed E-state index contributed by atoms with van der Waals surface area (Å²) in [6, 6.07) is 1.83. The number of anilines is 1. The van der Waals surface area contributed by atoms with Gasteiger partial charge in [0, 0.05) is 17.3 Å². The number of amides is 1. The SMILES string of the molecule is Cc1cc(NC(=O)C2(C)CCCO2)ncc1Br. The predicted molar refractivity (Wildman–Crippen MR) is 68.9 cm³/mol. The Morgan fingerprint density at radius 3 is 3.00 bits per heavy atom. The molecule has 1 saturated heterocycles. The van der Waals surface area contributed by atoms with Crippen LogP contribution in [0.4, 0.5) is 5.82 Å². The summed E-state index contributed by atoms with van der Waals surface area (Å²) in [4.78, 5) is 16.2. The number of aromatic nitrogens is 1. The average molecular weight is 299 g/mol. The molecule has 1 fully saturated rings. The molecule has 1 aliphatic heterocycles. The van der Waals surface area contributed by atoms with Crippen LogP contribution >= 0.6 is 15.9 Å². The van der Waals surface area contributed by atoms with E-state index >= 15 is 0 Å². The zero-order chi connectivity index (χ0) is 12.5. The molecule has 92 valence electrons. The molecular formula is C12H15BrN2O2. The molecule has 17 heavy (non-hydrogen) atoms. The van der Waals surface area contributed by atoms with Gasteiger partial charge in [-0.1, -0.05) is 0 Å². The molecule has 1 amide bonds. The van der Waals surface area contributed by atoms with Gasteiger partial charge in [0.05, 0.1) is 0 Å². The molecule has 4 nitrogen and oxygen atoms in total. The molecule has 1 unspecified atom stereocenters. The maximum Gasteiger partial charge on any atom is 0.257 e. The summed E-state index contributed by atoms with van der Waals surface area (Å²) in [5, 5.41) is 2.80. The van der Waals surface area contributed by atoms with Crippen LogP contribution in [0.2, 0.25) is 0 Å². The summed E-state index contributed by atoms with van der Waals surface area (Å²) in [6.45, 7) is 4.42. The normalized spacial score (nSPS) is 23.7. The highest BCUT2D eigenvalue weighted by atomic mass is 79.9. The summed E-state index contributed by atoms with van der Waals surface area (Å²) >= 11 is 3.37. The van der Waals surface area contributed by atoms with E-state index in [9.17, 15) is 4.79 Å². The summed E-state index contributed by atoms with van der Waals surface area (Å²) in [5.74, 6) is 0.441. The number of carbonyl (C=O) groups excluding carboxylic acids is 1. The molecule has 0 bridgehead atoms. The number of pyridine rings is 1. The van der Waals surface area contributed by atoms with Gasteiger partial charge in [0.25, 0.3) is 5.91 Å². The topological polar surface area (TPSA) is 51.2 Å². The molecule has 0 radical (unpaired) electrons. The molecule has 0 saturated carbocycles. The Kier molecular flexibility index (Phi) is 3.49. The third kappa shape index (κ3) is 2.66. The van der Waals surface area contributed by atoms with Crippen LogP contribution < -0.4 is 5.32 Å². The first-order chi connectivity index (χ1) is 8.01. The van der Waals surface area contributed by atoms with Crippen molar-refractivity contribution in [2.24, 2.45) is 0 Å². The molecule has 1 aromatic heterocycles. The lowest BCUT2D eigenvalue weighted by Crippen LogP contribution is -2.39. The first-order valence-corrected chi connectivity index (χ1v) is 6.38. The Morgan fingerprint density at radius 2 is 2.41 bits per heavy atom. The van der Waals surface area contributed by atoms with Crippen molar-refractivity contribution in [1.29, 1.82) is 0 Å². The number of halogens is 1. The molecule has 2 rings (SSSR count). The van der Waals surface area contributed by atoms with E-state index in [0.29, 0.717) is 12.4 Å². The van der Waals surface area contributed by atoms with Gasteiger partial charge in [0.1, 0.15) is 11.4 Å². The van der Waals surface area contributed by atoms with E-state index in [4.69, 9.17) is 4.74 Å². The number of aryl methyl sites for hydroxylation is 1. The smallest absolute Gasteiger partial charge is 0.257 e. The lowest BCUT2D eigenvalue weighted by molar-refractivity contribution is -0.133. The van der Waals surface area contributed by atoms with Crippen LogP contribution in [0.15, 0.2) is 16.7 Å². The number of ether oxygens (including phenoxy) is 1. The van der Waals surface area contributed by atoms with Gasteiger partial charge < -0.3 is 10.1 Å². The zero-order valence-electron chi connectivity index (χ0n) is 9.92. The molecule has 1 atom stereocenters. The average Bonchev–Trinajstić information content (AvgIpc) is 2.72. The minimum absolute atomic E-state index is 0.121. The van der Waals surface area contributed by atoms with Crippen LogP contribution in [0, 0.1) is 6.92 Å². The first kappa shape index (κ1) is 12.5. The fourth-order valence-corrected chi connectivity index (χ4v) is 2.03. The quantitative estimate of drug-likeness (QED) is 0.913. The monoisotopic (exact) mass is 298 g/mol. The third-order valence-electron chi connectivity index (χ3n) is 2.99. The van der Waals surface area contributed by atoms with E-state index in [1.54, 1.807) is 6.20 Å². The Bertz CT molecular complexity index is 442. The maximum atomic E-state index is 12.0.